The van der Waals surface area contributed by atoms with E-state index in [0.29, 0.717) is 22.2 Å². The Bertz CT molecular complexity index is 641. The van der Waals surface area contributed by atoms with Crippen molar-refractivity contribution in [3.05, 3.63) is 0 Å². The number of aliphatic hydroxyl groups is 1. The smallest absolute Gasteiger partial charge is 0.119 e. The monoisotopic (exact) mass is 416 g/mol. The second kappa shape index (κ2) is 7.89. The van der Waals surface area contributed by atoms with Gasteiger partial charge >= 0.3 is 0 Å². The van der Waals surface area contributed by atoms with Gasteiger partial charge < -0.3 is 9.90 Å². The predicted octanol–water partition coefficient (Wildman–Crippen LogP) is 7.18. The minimum atomic E-state index is -0.128. The molecule has 8 atom stereocenters. The van der Waals surface area contributed by atoms with Crippen LogP contribution in [0.15, 0.2) is 0 Å². The predicted molar refractivity (Wildman–Crippen MR) is 124 cm³/mol. The van der Waals surface area contributed by atoms with E-state index in [2.05, 4.69) is 34.6 Å². The van der Waals surface area contributed by atoms with Crippen molar-refractivity contribution in [2.24, 2.45) is 45.3 Å². The van der Waals surface area contributed by atoms with Crippen molar-refractivity contribution in [3.8, 4) is 0 Å². The van der Waals surface area contributed by atoms with Crippen molar-refractivity contribution in [2.45, 2.75) is 124 Å². The molecule has 0 aliphatic heterocycles. The summed E-state index contributed by atoms with van der Waals surface area (Å²) in [6, 6.07) is 0. The quantitative estimate of drug-likeness (QED) is 0.380. The number of aliphatic hydroxyl groups excluding tert-OH is 1. The zero-order valence-electron chi connectivity index (χ0n) is 20.5. The van der Waals surface area contributed by atoms with E-state index in [4.69, 9.17) is 0 Å². The molecule has 0 aromatic carbocycles. The molecule has 0 aromatic heterocycles. The van der Waals surface area contributed by atoms with E-state index in [1.54, 1.807) is 0 Å². The van der Waals surface area contributed by atoms with Crippen molar-refractivity contribution in [3.63, 3.8) is 0 Å². The van der Waals surface area contributed by atoms with Crippen LogP contribution in [-0.2, 0) is 4.79 Å². The Balaban J connectivity index is 1.60. The van der Waals surface area contributed by atoms with Crippen LogP contribution in [-0.4, -0.2) is 17.5 Å². The summed E-state index contributed by atoms with van der Waals surface area (Å²) in [7, 11) is 0. The third-order valence-corrected chi connectivity index (χ3v) is 11.9. The van der Waals surface area contributed by atoms with Crippen LogP contribution in [0.3, 0.4) is 0 Å². The normalized spacial score (nSPS) is 50.1. The highest BCUT2D eigenvalue weighted by molar-refractivity contribution is 5.48. The standard InChI is InChI=1S/C28H48O2/c1-25(2)22-14-18-28(5)23(26(22,3)17-15-24(25)30)13-12-21-20(10-7-6-8-19-29)11-9-16-27(21,28)4/h19-24,30H,6-18H2,1-5H3/t20?,21?,22?,23?,24?,26?,27-,28?/m1/s1. The molecule has 0 spiro atoms. The molecule has 1 N–H and O–H groups in total. The molecule has 0 amide bonds. The number of hydrogen-bond donors (Lipinski definition) is 1. The average Bonchev–Trinajstić information content (AvgIpc) is 2.69. The molecular weight excluding hydrogens is 368 g/mol. The minimum absolute atomic E-state index is 0.0553. The van der Waals surface area contributed by atoms with Gasteiger partial charge in [0.05, 0.1) is 6.10 Å². The van der Waals surface area contributed by atoms with Crippen LogP contribution in [0.1, 0.15) is 118 Å². The lowest BCUT2D eigenvalue weighted by Crippen LogP contribution is -2.65. The van der Waals surface area contributed by atoms with Crippen LogP contribution in [0, 0.1) is 45.3 Å². The number of hydrogen-bond acceptors (Lipinski definition) is 2. The molecule has 0 radical (unpaired) electrons. The molecule has 0 aromatic rings. The lowest BCUT2D eigenvalue weighted by Gasteiger charge is -2.71. The molecular formula is C28H48O2. The van der Waals surface area contributed by atoms with Crippen LogP contribution >= 0.6 is 0 Å². The number of carbonyl (C=O) groups excluding carboxylic acids is 1. The van der Waals surface area contributed by atoms with E-state index in [1.807, 2.05) is 0 Å². The zero-order chi connectivity index (χ0) is 21.8. The Labute approximate surface area is 186 Å². The SMILES string of the molecule is CC1(C)C(O)CCC2(C)C1CCC1(C)C2CCC2C(CCCCC=O)CCC[C@]21C. The van der Waals surface area contributed by atoms with E-state index in [0.717, 1.165) is 43.3 Å². The Morgan fingerprint density at radius 1 is 0.833 bits per heavy atom. The van der Waals surface area contributed by atoms with E-state index in [1.165, 1.54) is 64.2 Å². The van der Waals surface area contributed by atoms with Crippen LogP contribution in [0.5, 0.6) is 0 Å². The molecule has 30 heavy (non-hydrogen) atoms. The third-order valence-electron chi connectivity index (χ3n) is 11.9. The van der Waals surface area contributed by atoms with Crippen LogP contribution in [0.2, 0.25) is 0 Å². The van der Waals surface area contributed by atoms with Crippen molar-refractivity contribution in [1.29, 1.82) is 0 Å². The molecule has 2 nitrogen and oxygen atoms in total. The van der Waals surface area contributed by atoms with Gasteiger partial charge in [-0.2, -0.15) is 0 Å². The van der Waals surface area contributed by atoms with Gasteiger partial charge in [-0.25, -0.2) is 0 Å². The van der Waals surface area contributed by atoms with Gasteiger partial charge in [-0.05, 0) is 96.7 Å². The molecule has 7 unspecified atom stereocenters. The van der Waals surface area contributed by atoms with Crippen LogP contribution in [0.25, 0.3) is 0 Å². The lowest BCUT2D eigenvalue weighted by atomic mass is 9.33. The van der Waals surface area contributed by atoms with E-state index < -0.39 is 0 Å². The minimum Gasteiger partial charge on any atom is -0.393 e. The maximum atomic E-state index is 10.8. The second-order valence-corrected chi connectivity index (χ2v) is 13.1. The summed E-state index contributed by atoms with van der Waals surface area (Å²) in [5.41, 5.74) is 1.36. The maximum absolute atomic E-state index is 10.8. The third kappa shape index (κ3) is 3.17. The van der Waals surface area contributed by atoms with Gasteiger partial charge in [-0.3, -0.25) is 0 Å². The summed E-state index contributed by atoms with van der Waals surface area (Å²) >= 11 is 0. The summed E-state index contributed by atoms with van der Waals surface area (Å²) in [4.78, 5) is 10.7. The number of unbranched alkanes of at least 4 members (excludes halogenated alkanes) is 2. The Hall–Kier alpha value is -0.370. The first-order chi connectivity index (χ1) is 14.1. The van der Waals surface area contributed by atoms with E-state index in [9.17, 15) is 9.90 Å². The summed E-state index contributed by atoms with van der Waals surface area (Å²) in [6.07, 6.45) is 17.3. The van der Waals surface area contributed by atoms with Crippen molar-refractivity contribution in [1.82, 2.24) is 0 Å². The Morgan fingerprint density at radius 2 is 1.60 bits per heavy atom. The maximum Gasteiger partial charge on any atom is 0.119 e. The van der Waals surface area contributed by atoms with Crippen molar-refractivity contribution in [2.75, 3.05) is 0 Å². The first kappa shape index (κ1) is 22.8. The summed E-state index contributed by atoms with van der Waals surface area (Å²) in [5, 5.41) is 10.8. The van der Waals surface area contributed by atoms with Gasteiger partial charge in [0.25, 0.3) is 0 Å². The molecule has 2 heteroatoms. The summed E-state index contributed by atoms with van der Waals surface area (Å²) in [6.45, 7) is 12.7. The first-order valence-corrected chi connectivity index (χ1v) is 13.2. The van der Waals surface area contributed by atoms with Gasteiger partial charge in [-0.1, -0.05) is 60.3 Å². The largest absolute Gasteiger partial charge is 0.393 e. The molecule has 4 fully saturated rings. The van der Waals surface area contributed by atoms with E-state index in [-0.39, 0.29) is 11.5 Å². The van der Waals surface area contributed by atoms with Crippen LogP contribution < -0.4 is 0 Å². The second-order valence-electron chi connectivity index (χ2n) is 13.1. The molecule has 4 saturated carbocycles. The van der Waals surface area contributed by atoms with Gasteiger partial charge in [0.2, 0.25) is 0 Å². The lowest BCUT2D eigenvalue weighted by molar-refractivity contribution is -0.237. The molecule has 0 bridgehead atoms. The van der Waals surface area contributed by atoms with Crippen LogP contribution in [0.4, 0.5) is 0 Å². The van der Waals surface area contributed by atoms with Gasteiger partial charge in [0, 0.05) is 6.42 Å². The molecule has 172 valence electrons. The first-order valence-electron chi connectivity index (χ1n) is 13.2. The zero-order valence-corrected chi connectivity index (χ0v) is 20.5. The molecule has 4 rings (SSSR count). The highest BCUT2D eigenvalue weighted by Gasteiger charge is 2.67. The van der Waals surface area contributed by atoms with Crippen molar-refractivity contribution < 1.29 is 9.90 Å². The number of aldehydes is 1. The van der Waals surface area contributed by atoms with E-state index >= 15 is 0 Å². The fraction of sp³-hybridized carbons (Fsp3) is 0.964. The number of carbonyl (C=O) groups is 1. The Morgan fingerprint density at radius 3 is 2.33 bits per heavy atom. The molecule has 4 aliphatic carbocycles. The fourth-order valence-electron chi connectivity index (χ4n) is 10.1. The molecule has 0 heterocycles. The topological polar surface area (TPSA) is 37.3 Å². The van der Waals surface area contributed by atoms with Crippen molar-refractivity contribution >= 4 is 6.29 Å². The molecule has 4 aliphatic rings. The summed E-state index contributed by atoms with van der Waals surface area (Å²) in [5.74, 6) is 3.23. The van der Waals surface area contributed by atoms with Gasteiger partial charge in [-0.15, -0.1) is 0 Å². The number of rotatable bonds is 5. The fourth-order valence-corrected chi connectivity index (χ4v) is 10.1. The average molecular weight is 417 g/mol. The number of fused-ring (bicyclic) bond motifs is 5. The van der Waals surface area contributed by atoms with Gasteiger partial charge in [0.1, 0.15) is 6.29 Å². The Kier molecular flexibility index (Phi) is 6.00. The highest BCUT2D eigenvalue weighted by Crippen LogP contribution is 2.74. The highest BCUT2D eigenvalue weighted by atomic mass is 16.3. The van der Waals surface area contributed by atoms with Gasteiger partial charge in [0.15, 0.2) is 0 Å². The summed E-state index contributed by atoms with van der Waals surface area (Å²) < 4.78 is 0. The molecule has 0 saturated heterocycles.